The number of nitrogen functional groups attached to an aromatic ring is 1. The predicted octanol–water partition coefficient (Wildman–Crippen LogP) is 3.80. The van der Waals surface area contributed by atoms with Gasteiger partial charge in [-0.3, -0.25) is 4.79 Å². The number of carbonyl (C=O) groups is 1. The fraction of sp³-hybridized carbons (Fsp3) is 0.625. The molecule has 3 heteroatoms. The second kappa shape index (κ2) is 5.62. The predicted molar refractivity (Wildman–Crippen MR) is 107 cm³/mol. The fourth-order valence-corrected chi connectivity index (χ4v) is 7.62. The van der Waals surface area contributed by atoms with Crippen LogP contribution in [0.1, 0.15) is 38.2 Å². The first-order valence-corrected chi connectivity index (χ1v) is 11.0. The highest BCUT2D eigenvalue weighted by molar-refractivity contribution is 5.78. The summed E-state index contributed by atoms with van der Waals surface area (Å²) in [7, 11) is 0. The van der Waals surface area contributed by atoms with E-state index in [2.05, 4.69) is 12.2 Å². The van der Waals surface area contributed by atoms with Gasteiger partial charge in [0.25, 0.3) is 0 Å². The van der Waals surface area contributed by atoms with E-state index < -0.39 is 0 Å². The van der Waals surface area contributed by atoms with Gasteiger partial charge in [0.2, 0.25) is 5.91 Å². The molecule has 142 valence electrons. The van der Waals surface area contributed by atoms with Gasteiger partial charge >= 0.3 is 0 Å². The summed E-state index contributed by atoms with van der Waals surface area (Å²) in [6, 6.07) is 7.67. The van der Waals surface area contributed by atoms with Crippen molar-refractivity contribution in [2.45, 2.75) is 39.0 Å². The summed E-state index contributed by atoms with van der Waals surface area (Å²) < 4.78 is 0. The number of hydrogen-bond donors (Lipinski definition) is 2. The maximum Gasteiger partial charge on any atom is 0.224 e. The Morgan fingerprint density at radius 3 is 2.37 bits per heavy atom. The SMILES string of the molecule is CC1C2CCC2C1C1C(CNC(=O)Cc2ccc(N)cc2)C2C3=C(CC3)C21. The van der Waals surface area contributed by atoms with Crippen molar-refractivity contribution in [3.05, 3.63) is 41.0 Å². The summed E-state index contributed by atoms with van der Waals surface area (Å²) in [6.45, 7) is 3.39. The van der Waals surface area contributed by atoms with E-state index >= 15 is 0 Å². The van der Waals surface area contributed by atoms with E-state index in [1.165, 1.54) is 25.7 Å². The first-order valence-electron chi connectivity index (χ1n) is 11.0. The lowest BCUT2D eigenvalue weighted by molar-refractivity contribution is -0.193. The molecule has 0 bridgehead atoms. The van der Waals surface area contributed by atoms with Gasteiger partial charge in [-0.1, -0.05) is 30.2 Å². The number of allylic oxidation sites excluding steroid dienone is 2. The summed E-state index contributed by atoms with van der Waals surface area (Å²) in [5.41, 5.74) is 11.2. The van der Waals surface area contributed by atoms with Crippen LogP contribution in [0, 0.1) is 47.3 Å². The summed E-state index contributed by atoms with van der Waals surface area (Å²) in [5.74, 6) is 7.37. The van der Waals surface area contributed by atoms with Gasteiger partial charge < -0.3 is 11.1 Å². The average Bonchev–Trinajstić information content (AvgIpc) is 2.60. The molecule has 1 amide bonds. The number of carbonyl (C=O) groups excluding carboxylic acids is 1. The Kier molecular flexibility index (Phi) is 3.37. The molecule has 0 aromatic heterocycles. The van der Waals surface area contributed by atoms with Crippen molar-refractivity contribution in [1.29, 1.82) is 0 Å². The highest BCUT2D eigenvalue weighted by atomic mass is 16.1. The summed E-state index contributed by atoms with van der Waals surface area (Å²) >= 11 is 0. The minimum Gasteiger partial charge on any atom is -0.399 e. The minimum atomic E-state index is 0.160. The number of nitrogens with one attached hydrogen (secondary N) is 1. The van der Waals surface area contributed by atoms with Crippen molar-refractivity contribution in [3.8, 4) is 0 Å². The van der Waals surface area contributed by atoms with Crippen molar-refractivity contribution >= 4 is 11.6 Å². The lowest BCUT2D eigenvalue weighted by atomic mass is 9.32. The molecule has 5 aliphatic carbocycles. The van der Waals surface area contributed by atoms with Crippen LogP contribution in [0.25, 0.3) is 0 Å². The molecule has 3 fully saturated rings. The van der Waals surface area contributed by atoms with Crippen molar-refractivity contribution in [1.82, 2.24) is 5.32 Å². The lowest BCUT2D eigenvalue weighted by Crippen LogP contribution is -2.68. The van der Waals surface area contributed by atoms with Crippen LogP contribution in [0.5, 0.6) is 0 Å². The van der Waals surface area contributed by atoms with Crippen molar-refractivity contribution in [3.63, 3.8) is 0 Å². The van der Waals surface area contributed by atoms with Gasteiger partial charge in [0.05, 0.1) is 6.42 Å². The van der Waals surface area contributed by atoms with E-state index in [0.717, 1.165) is 59.2 Å². The van der Waals surface area contributed by atoms with Crippen LogP contribution < -0.4 is 11.1 Å². The number of rotatable bonds is 5. The molecule has 0 radical (unpaired) electrons. The first-order chi connectivity index (χ1) is 13.1. The molecule has 3 nitrogen and oxygen atoms in total. The zero-order valence-corrected chi connectivity index (χ0v) is 16.2. The molecule has 0 heterocycles. The number of anilines is 1. The zero-order valence-electron chi connectivity index (χ0n) is 16.2. The van der Waals surface area contributed by atoms with Gasteiger partial charge in [-0.25, -0.2) is 0 Å². The zero-order chi connectivity index (χ0) is 18.3. The van der Waals surface area contributed by atoms with Crippen molar-refractivity contribution < 1.29 is 4.79 Å². The Bertz CT molecular complexity index is 819. The van der Waals surface area contributed by atoms with E-state index in [9.17, 15) is 4.79 Å². The van der Waals surface area contributed by atoms with Crippen LogP contribution in [0.2, 0.25) is 0 Å². The molecule has 0 spiro atoms. The van der Waals surface area contributed by atoms with Gasteiger partial charge in [-0.05, 0) is 90.7 Å². The molecule has 1 aromatic carbocycles. The molecular weight excluding hydrogens is 332 g/mol. The number of fused-ring (bicyclic) bond motifs is 4. The average molecular weight is 363 g/mol. The minimum absolute atomic E-state index is 0.160. The summed E-state index contributed by atoms with van der Waals surface area (Å²) in [5, 5.41) is 3.29. The molecule has 0 saturated heterocycles. The van der Waals surface area contributed by atoms with E-state index in [1.54, 1.807) is 5.57 Å². The standard InChI is InChI=1S/C24H30N2O/c1-12-15-6-7-16(15)21(12)24-19(22-17-8-9-18(17)23(22)24)11-26-20(27)10-13-2-4-14(25)5-3-13/h2-5,12,15-16,19,21-24H,6-11,25H2,1H3,(H,26,27). The number of nitrogens with two attached hydrogens (primary N) is 1. The van der Waals surface area contributed by atoms with E-state index in [0.29, 0.717) is 12.3 Å². The topological polar surface area (TPSA) is 55.1 Å². The van der Waals surface area contributed by atoms with Gasteiger partial charge in [-0.15, -0.1) is 0 Å². The molecule has 3 N–H and O–H groups in total. The lowest BCUT2D eigenvalue weighted by Gasteiger charge is -2.73. The normalized spacial score (nSPS) is 42.9. The maximum atomic E-state index is 12.5. The monoisotopic (exact) mass is 362 g/mol. The van der Waals surface area contributed by atoms with Crippen molar-refractivity contribution in [2.75, 3.05) is 12.3 Å². The number of hydrogen-bond acceptors (Lipinski definition) is 2. The molecular formula is C24H30N2O. The Labute approximate surface area is 161 Å². The molecule has 0 aliphatic heterocycles. The van der Waals surface area contributed by atoms with Crippen LogP contribution in [0.3, 0.4) is 0 Å². The highest BCUT2D eigenvalue weighted by Gasteiger charge is 2.68. The first kappa shape index (κ1) is 16.2. The highest BCUT2D eigenvalue weighted by Crippen LogP contribution is 2.74. The second-order valence-electron chi connectivity index (χ2n) is 9.91. The third kappa shape index (κ3) is 2.12. The van der Waals surface area contributed by atoms with Crippen LogP contribution in [0.15, 0.2) is 35.4 Å². The number of amides is 1. The Hall–Kier alpha value is -1.77. The molecule has 27 heavy (non-hydrogen) atoms. The van der Waals surface area contributed by atoms with Crippen LogP contribution in [0.4, 0.5) is 5.69 Å². The van der Waals surface area contributed by atoms with Crippen LogP contribution in [-0.4, -0.2) is 12.5 Å². The molecule has 5 aliphatic rings. The molecule has 8 atom stereocenters. The second-order valence-corrected chi connectivity index (χ2v) is 9.91. The van der Waals surface area contributed by atoms with Crippen LogP contribution in [-0.2, 0) is 11.2 Å². The quantitative estimate of drug-likeness (QED) is 0.618. The van der Waals surface area contributed by atoms with Gasteiger partial charge in [0, 0.05) is 12.2 Å². The third-order valence-corrected chi connectivity index (χ3v) is 9.12. The Balaban J connectivity index is 1.12. The molecule has 3 saturated carbocycles. The summed E-state index contributed by atoms with van der Waals surface area (Å²) in [6.07, 6.45) is 6.11. The largest absolute Gasteiger partial charge is 0.399 e. The van der Waals surface area contributed by atoms with Gasteiger partial charge in [0.1, 0.15) is 0 Å². The van der Waals surface area contributed by atoms with E-state index in [4.69, 9.17) is 5.73 Å². The number of benzene rings is 1. The molecule has 6 rings (SSSR count). The summed E-state index contributed by atoms with van der Waals surface area (Å²) in [4.78, 5) is 12.5. The Morgan fingerprint density at radius 1 is 1.04 bits per heavy atom. The fourth-order valence-electron chi connectivity index (χ4n) is 7.62. The van der Waals surface area contributed by atoms with E-state index in [-0.39, 0.29) is 5.91 Å². The Morgan fingerprint density at radius 2 is 1.74 bits per heavy atom. The van der Waals surface area contributed by atoms with Gasteiger partial charge in [0.15, 0.2) is 0 Å². The molecule has 8 unspecified atom stereocenters. The third-order valence-electron chi connectivity index (χ3n) is 9.12. The van der Waals surface area contributed by atoms with E-state index in [1.807, 2.05) is 29.8 Å². The van der Waals surface area contributed by atoms with Crippen LogP contribution >= 0.6 is 0 Å². The van der Waals surface area contributed by atoms with Crippen molar-refractivity contribution in [2.24, 2.45) is 47.3 Å². The smallest absolute Gasteiger partial charge is 0.224 e. The van der Waals surface area contributed by atoms with Gasteiger partial charge in [-0.2, -0.15) is 0 Å². The maximum absolute atomic E-state index is 12.5. The molecule has 1 aromatic rings.